The van der Waals surface area contributed by atoms with Gasteiger partial charge in [-0.15, -0.1) is 10.1 Å². The number of carbonyl (C=O) groups is 2. The van der Waals surface area contributed by atoms with Gasteiger partial charge in [-0.3, -0.25) is 4.79 Å². The van der Waals surface area contributed by atoms with Gasteiger partial charge in [0.2, 0.25) is 5.12 Å². The van der Waals surface area contributed by atoms with E-state index >= 15 is 0 Å². The first-order valence-electron chi connectivity index (χ1n) is 6.53. The molecule has 0 atom stereocenters. The van der Waals surface area contributed by atoms with E-state index in [2.05, 4.69) is 4.84 Å². The lowest BCUT2D eigenvalue weighted by atomic mass is 9.97. The fraction of sp³-hybridized carbons (Fsp3) is 0.429. The monoisotopic (exact) mass is 327 g/mol. The van der Waals surface area contributed by atoms with Crippen molar-refractivity contribution in [2.75, 3.05) is 13.2 Å². The molecule has 7 nitrogen and oxygen atoms in total. The molecular formula is C14H17NO6S. The summed E-state index contributed by atoms with van der Waals surface area (Å²) >= 11 is 0.841. The zero-order chi connectivity index (χ0) is 16.8. The lowest BCUT2D eigenvalue weighted by molar-refractivity contribution is -0.760. The molecule has 0 N–H and O–H groups in total. The van der Waals surface area contributed by atoms with E-state index in [9.17, 15) is 19.7 Å². The SMILES string of the molecule is CCOC(=O)c1ccccc1SC(=O)C(C)(C)CO[N+](=O)[O-]. The van der Waals surface area contributed by atoms with Crippen LogP contribution in [0.25, 0.3) is 0 Å². The summed E-state index contributed by atoms with van der Waals surface area (Å²) in [4.78, 5) is 39.1. The van der Waals surface area contributed by atoms with Gasteiger partial charge in [-0.25, -0.2) is 4.79 Å². The van der Waals surface area contributed by atoms with Crippen LogP contribution in [0.4, 0.5) is 0 Å². The van der Waals surface area contributed by atoms with Crippen LogP contribution in [0.15, 0.2) is 29.2 Å². The van der Waals surface area contributed by atoms with Gasteiger partial charge in [0.05, 0.1) is 17.6 Å². The molecule has 120 valence electrons. The molecule has 0 heterocycles. The molecule has 8 heteroatoms. The first kappa shape index (κ1) is 18.0. The molecule has 0 radical (unpaired) electrons. The molecule has 0 unspecified atom stereocenters. The third kappa shape index (κ3) is 5.03. The Morgan fingerprint density at radius 2 is 1.95 bits per heavy atom. The Kier molecular flexibility index (Phi) is 6.36. The molecule has 0 aliphatic heterocycles. The highest BCUT2D eigenvalue weighted by Gasteiger charge is 2.31. The van der Waals surface area contributed by atoms with E-state index < -0.39 is 16.5 Å². The summed E-state index contributed by atoms with van der Waals surface area (Å²) in [6.07, 6.45) is 0. The fourth-order valence-corrected chi connectivity index (χ4v) is 2.39. The molecule has 0 saturated heterocycles. The average molecular weight is 327 g/mol. The Bertz CT molecular complexity index is 572. The van der Waals surface area contributed by atoms with Gasteiger partial charge in [0, 0.05) is 4.90 Å². The first-order valence-corrected chi connectivity index (χ1v) is 7.35. The van der Waals surface area contributed by atoms with Crippen molar-refractivity contribution in [3.8, 4) is 0 Å². The number of carbonyl (C=O) groups excluding carboxylic acids is 2. The smallest absolute Gasteiger partial charge is 0.339 e. The molecule has 1 aromatic carbocycles. The molecule has 0 aromatic heterocycles. The number of benzene rings is 1. The van der Waals surface area contributed by atoms with Gasteiger partial charge < -0.3 is 9.57 Å². The van der Waals surface area contributed by atoms with Crippen LogP contribution in [-0.2, 0) is 14.4 Å². The normalized spacial score (nSPS) is 10.9. The first-order chi connectivity index (χ1) is 10.3. The van der Waals surface area contributed by atoms with Gasteiger partial charge in [0.1, 0.15) is 6.61 Å². The molecule has 0 fully saturated rings. The molecular weight excluding hydrogens is 310 g/mol. The highest BCUT2D eigenvalue weighted by Crippen LogP contribution is 2.32. The molecule has 0 spiro atoms. The number of thioether (sulfide) groups is 1. The summed E-state index contributed by atoms with van der Waals surface area (Å²) in [5, 5.41) is 8.97. The average Bonchev–Trinajstić information content (AvgIpc) is 2.46. The Morgan fingerprint density at radius 1 is 1.32 bits per heavy atom. The second-order valence-electron chi connectivity index (χ2n) is 4.99. The number of hydrogen-bond donors (Lipinski definition) is 0. The van der Waals surface area contributed by atoms with Gasteiger partial charge in [0.15, 0.2) is 0 Å². The topological polar surface area (TPSA) is 95.7 Å². The van der Waals surface area contributed by atoms with Crippen LogP contribution in [0.3, 0.4) is 0 Å². The van der Waals surface area contributed by atoms with E-state index in [1.54, 1.807) is 45.0 Å². The molecule has 1 aromatic rings. The van der Waals surface area contributed by atoms with Crippen LogP contribution in [0.1, 0.15) is 31.1 Å². The number of ether oxygens (including phenoxy) is 1. The minimum atomic E-state index is -1.07. The third-order valence-electron chi connectivity index (χ3n) is 2.67. The Labute approximate surface area is 132 Å². The molecule has 0 amide bonds. The van der Waals surface area contributed by atoms with E-state index in [1.807, 2.05) is 0 Å². The minimum Gasteiger partial charge on any atom is -0.462 e. The van der Waals surface area contributed by atoms with E-state index in [0.717, 1.165) is 11.8 Å². The van der Waals surface area contributed by atoms with E-state index in [1.165, 1.54) is 0 Å². The van der Waals surface area contributed by atoms with E-state index in [0.29, 0.717) is 4.90 Å². The number of nitrogens with zero attached hydrogens (tertiary/aromatic N) is 1. The highest BCUT2D eigenvalue weighted by molar-refractivity contribution is 8.13. The predicted molar refractivity (Wildman–Crippen MR) is 80.0 cm³/mol. The maximum Gasteiger partial charge on any atom is 0.339 e. The molecule has 0 bridgehead atoms. The summed E-state index contributed by atoms with van der Waals surface area (Å²) in [6.45, 7) is 4.65. The summed E-state index contributed by atoms with van der Waals surface area (Å²) < 4.78 is 4.94. The van der Waals surface area contributed by atoms with Crippen LogP contribution in [0.5, 0.6) is 0 Å². The summed E-state index contributed by atoms with van der Waals surface area (Å²) in [7, 11) is 0. The summed E-state index contributed by atoms with van der Waals surface area (Å²) in [6, 6.07) is 6.55. The minimum absolute atomic E-state index is 0.230. The summed E-state index contributed by atoms with van der Waals surface area (Å²) in [5.74, 6) is -0.516. The zero-order valence-electron chi connectivity index (χ0n) is 12.5. The van der Waals surface area contributed by atoms with Gasteiger partial charge in [0.25, 0.3) is 5.09 Å². The Morgan fingerprint density at radius 3 is 2.55 bits per heavy atom. The second kappa shape index (κ2) is 7.79. The third-order valence-corrected chi connectivity index (χ3v) is 3.98. The largest absolute Gasteiger partial charge is 0.462 e. The second-order valence-corrected chi connectivity index (χ2v) is 6.00. The molecule has 0 aliphatic rings. The van der Waals surface area contributed by atoms with Crippen molar-refractivity contribution in [2.24, 2.45) is 5.41 Å². The maximum atomic E-state index is 12.3. The van der Waals surface area contributed by atoms with Crippen molar-refractivity contribution < 1.29 is 24.3 Å². The standard InChI is InChI=1S/C14H17NO6S/c1-4-20-12(16)10-7-5-6-8-11(10)22-13(17)14(2,3)9-21-15(18)19/h5-8H,4,9H2,1-3H3. The Hall–Kier alpha value is -2.09. The van der Waals surface area contributed by atoms with Gasteiger partial charge >= 0.3 is 5.97 Å². The van der Waals surface area contributed by atoms with Crippen LogP contribution >= 0.6 is 11.8 Å². The highest BCUT2D eigenvalue weighted by atomic mass is 32.2. The molecule has 1 rings (SSSR count). The van der Waals surface area contributed by atoms with Crippen molar-refractivity contribution in [3.05, 3.63) is 39.9 Å². The van der Waals surface area contributed by atoms with Crippen molar-refractivity contribution in [3.63, 3.8) is 0 Å². The molecule has 22 heavy (non-hydrogen) atoms. The summed E-state index contributed by atoms with van der Waals surface area (Å²) in [5.41, 5.74) is -0.784. The van der Waals surface area contributed by atoms with Crippen LogP contribution in [-0.4, -0.2) is 29.4 Å². The van der Waals surface area contributed by atoms with Crippen molar-refractivity contribution in [1.82, 2.24) is 0 Å². The lowest BCUT2D eigenvalue weighted by Crippen LogP contribution is -2.28. The predicted octanol–water partition coefficient (Wildman–Crippen LogP) is 2.72. The van der Waals surface area contributed by atoms with E-state index in [4.69, 9.17) is 4.74 Å². The molecule has 0 saturated carbocycles. The van der Waals surface area contributed by atoms with Crippen molar-refractivity contribution >= 4 is 22.8 Å². The number of hydrogen-bond acceptors (Lipinski definition) is 7. The zero-order valence-corrected chi connectivity index (χ0v) is 13.3. The van der Waals surface area contributed by atoms with Gasteiger partial charge in [-0.1, -0.05) is 37.7 Å². The van der Waals surface area contributed by atoms with Gasteiger partial charge in [-0.2, -0.15) is 0 Å². The van der Waals surface area contributed by atoms with Crippen LogP contribution < -0.4 is 0 Å². The number of rotatable bonds is 7. The van der Waals surface area contributed by atoms with Crippen molar-refractivity contribution in [2.45, 2.75) is 25.7 Å². The van der Waals surface area contributed by atoms with E-state index in [-0.39, 0.29) is 23.9 Å². The maximum absolute atomic E-state index is 12.3. The fourth-order valence-electron chi connectivity index (χ4n) is 1.44. The lowest BCUT2D eigenvalue weighted by Gasteiger charge is -2.21. The quantitative estimate of drug-likeness (QED) is 0.329. The van der Waals surface area contributed by atoms with Crippen LogP contribution in [0, 0.1) is 15.5 Å². The molecule has 0 aliphatic carbocycles. The van der Waals surface area contributed by atoms with Gasteiger partial charge in [-0.05, 0) is 19.1 Å². The number of esters is 1. The van der Waals surface area contributed by atoms with Crippen molar-refractivity contribution in [1.29, 1.82) is 0 Å². The van der Waals surface area contributed by atoms with Crippen LogP contribution in [0.2, 0.25) is 0 Å². The Balaban J connectivity index is 2.88.